The smallest absolute Gasteiger partial charge is 0.0238 e. The van der Waals surface area contributed by atoms with Gasteiger partial charge in [-0.15, -0.1) is 0 Å². The van der Waals surface area contributed by atoms with Crippen molar-refractivity contribution < 1.29 is 5.21 Å². The van der Waals surface area contributed by atoms with Gasteiger partial charge >= 0.3 is 0 Å². The van der Waals surface area contributed by atoms with Gasteiger partial charge in [-0.05, 0) is 25.0 Å². The van der Waals surface area contributed by atoms with Gasteiger partial charge in [0.15, 0.2) is 0 Å². The van der Waals surface area contributed by atoms with E-state index in [1.165, 1.54) is 11.5 Å². The summed E-state index contributed by atoms with van der Waals surface area (Å²) in [6, 6.07) is 3.89. The second kappa shape index (κ2) is 5.80. The normalized spacial score (nSPS) is 18.1. The van der Waals surface area contributed by atoms with Crippen LogP contribution in [0, 0.1) is 0 Å². The summed E-state index contributed by atoms with van der Waals surface area (Å²) in [5.41, 5.74) is 0. The van der Waals surface area contributed by atoms with E-state index in [0.717, 1.165) is 25.9 Å². The first kappa shape index (κ1) is 9.29. The van der Waals surface area contributed by atoms with E-state index < -0.39 is 0 Å². The number of hydrogen-bond acceptors (Lipinski definition) is 2. The van der Waals surface area contributed by atoms with Gasteiger partial charge in [-0.2, -0.15) is 5.06 Å². The molecule has 1 fully saturated rings. The number of hydrogen-bond donors (Lipinski definition) is 2. The summed E-state index contributed by atoms with van der Waals surface area (Å²) in [5, 5.41) is 10.1. The zero-order valence-corrected chi connectivity index (χ0v) is 7.24. The number of H-pyrrole nitrogens is 1. The molecule has 3 heteroatoms. The highest BCUT2D eigenvalue weighted by Gasteiger charge is 2.04. The molecular weight excluding hydrogens is 152 g/mol. The minimum Gasteiger partial charge on any atom is -0.368 e. The molecule has 2 rings (SSSR count). The van der Waals surface area contributed by atoms with Gasteiger partial charge in [0.25, 0.3) is 0 Å². The van der Waals surface area contributed by atoms with E-state index in [1.807, 2.05) is 24.5 Å². The Labute approximate surface area is 73.0 Å². The first-order chi connectivity index (χ1) is 5.89. The molecule has 12 heavy (non-hydrogen) atoms. The fourth-order valence-electron chi connectivity index (χ4n) is 1.15. The van der Waals surface area contributed by atoms with Crippen LogP contribution < -0.4 is 0 Å². The predicted octanol–water partition coefficient (Wildman–Crippen LogP) is 1.88. The van der Waals surface area contributed by atoms with Crippen molar-refractivity contribution in [1.29, 1.82) is 0 Å². The molecule has 2 N–H and O–H groups in total. The Kier molecular flexibility index (Phi) is 4.49. The van der Waals surface area contributed by atoms with Crippen LogP contribution in [0.5, 0.6) is 0 Å². The summed E-state index contributed by atoms with van der Waals surface area (Å²) >= 11 is 0. The maximum Gasteiger partial charge on any atom is 0.0238 e. The average molecular weight is 168 g/mol. The number of nitrogens with one attached hydrogen (secondary N) is 1. The standard InChI is InChI=1S/C5H11NO.C4H5N/c7-6-4-2-1-3-5-6;1-2-4-5-3-1/h7H,1-5H2;1-5H. The number of piperidine rings is 1. The lowest BCUT2D eigenvalue weighted by Crippen LogP contribution is -2.25. The van der Waals surface area contributed by atoms with Crippen LogP contribution in [0.4, 0.5) is 0 Å². The third kappa shape index (κ3) is 4.16. The second-order valence-electron chi connectivity index (χ2n) is 2.90. The van der Waals surface area contributed by atoms with Crippen LogP contribution in [0.15, 0.2) is 24.5 Å². The second-order valence-corrected chi connectivity index (χ2v) is 2.90. The molecule has 0 unspecified atom stereocenters. The van der Waals surface area contributed by atoms with Crippen LogP contribution in [0.1, 0.15) is 19.3 Å². The molecule has 1 aromatic rings. The third-order valence-electron chi connectivity index (χ3n) is 1.83. The highest BCUT2D eigenvalue weighted by molar-refractivity contribution is 4.84. The number of hydroxylamine groups is 2. The van der Waals surface area contributed by atoms with Crippen molar-refractivity contribution in [3.8, 4) is 0 Å². The van der Waals surface area contributed by atoms with Gasteiger partial charge in [-0.25, -0.2) is 0 Å². The zero-order chi connectivity index (χ0) is 8.65. The first-order valence-electron chi connectivity index (χ1n) is 4.41. The molecule has 3 nitrogen and oxygen atoms in total. The highest BCUT2D eigenvalue weighted by atomic mass is 16.5. The Balaban J connectivity index is 0.000000127. The van der Waals surface area contributed by atoms with Crippen molar-refractivity contribution in [1.82, 2.24) is 10.0 Å². The minimum atomic E-state index is 0.875. The number of aromatic amines is 1. The third-order valence-corrected chi connectivity index (χ3v) is 1.83. The Morgan fingerprint density at radius 3 is 1.83 bits per heavy atom. The molecule has 2 heterocycles. The van der Waals surface area contributed by atoms with Gasteiger partial charge in [-0.3, -0.25) is 0 Å². The summed E-state index contributed by atoms with van der Waals surface area (Å²) < 4.78 is 0. The summed E-state index contributed by atoms with van der Waals surface area (Å²) in [7, 11) is 0. The lowest BCUT2D eigenvalue weighted by molar-refractivity contribution is -0.103. The fraction of sp³-hybridized carbons (Fsp3) is 0.556. The average Bonchev–Trinajstić information content (AvgIpc) is 2.62. The molecule has 1 saturated heterocycles. The summed E-state index contributed by atoms with van der Waals surface area (Å²) in [4.78, 5) is 2.86. The van der Waals surface area contributed by atoms with Crippen LogP contribution in [-0.2, 0) is 0 Å². The Morgan fingerprint density at radius 2 is 1.58 bits per heavy atom. The molecule has 0 amide bonds. The lowest BCUT2D eigenvalue weighted by Gasteiger charge is -2.18. The summed E-state index contributed by atoms with van der Waals surface area (Å²) in [5.74, 6) is 0. The molecule has 0 atom stereocenters. The van der Waals surface area contributed by atoms with Crippen molar-refractivity contribution in [3.05, 3.63) is 24.5 Å². The van der Waals surface area contributed by atoms with Crippen LogP contribution >= 0.6 is 0 Å². The van der Waals surface area contributed by atoms with E-state index in [2.05, 4.69) is 4.98 Å². The Hall–Kier alpha value is -0.800. The quantitative estimate of drug-likeness (QED) is 0.620. The maximum absolute atomic E-state index is 8.74. The maximum atomic E-state index is 8.74. The Morgan fingerprint density at radius 1 is 1.00 bits per heavy atom. The molecule has 0 aromatic carbocycles. The molecule has 68 valence electrons. The molecule has 1 aliphatic rings. The van der Waals surface area contributed by atoms with Gasteiger partial charge in [0.1, 0.15) is 0 Å². The van der Waals surface area contributed by atoms with Gasteiger partial charge in [0.2, 0.25) is 0 Å². The van der Waals surface area contributed by atoms with Crippen molar-refractivity contribution in [2.45, 2.75) is 19.3 Å². The molecule has 0 spiro atoms. The lowest BCUT2D eigenvalue weighted by atomic mass is 10.2. The van der Waals surface area contributed by atoms with Gasteiger partial charge < -0.3 is 10.2 Å². The highest BCUT2D eigenvalue weighted by Crippen LogP contribution is 2.04. The first-order valence-corrected chi connectivity index (χ1v) is 4.41. The van der Waals surface area contributed by atoms with Crippen molar-refractivity contribution >= 4 is 0 Å². The van der Waals surface area contributed by atoms with E-state index in [0.29, 0.717) is 0 Å². The monoisotopic (exact) mass is 168 g/mol. The van der Waals surface area contributed by atoms with Crippen molar-refractivity contribution in [2.75, 3.05) is 13.1 Å². The van der Waals surface area contributed by atoms with Gasteiger partial charge in [-0.1, -0.05) is 6.42 Å². The van der Waals surface area contributed by atoms with E-state index in [4.69, 9.17) is 5.21 Å². The van der Waals surface area contributed by atoms with Crippen LogP contribution in [0.25, 0.3) is 0 Å². The summed E-state index contributed by atoms with van der Waals surface area (Å²) in [6.45, 7) is 1.75. The van der Waals surface area contributed by atoms with E-state index >= 15 is 0 Å². The fourth-order valence-corrected chi connectivity index (χ4v) is 1.15. The molecular formula is C9H16N2O. The predicted molar refractivity (Wildman–Crippen MR) is 48.0 cm³/mol. The van der Waals surface area contributed by atoms with Gasteiger partial charge in [0, 0.05) is 25.5 Å². The molecule has 0 aliphatic carbocycles. The topological polar surface area (TPSA) is 39.3 Å². The number of rotatable bonds is 0. The molecule has 1 aliphatic heterocycles. The van der Waals surface area contributed by atoms with Crippen LogP contribution in [0.2, 0.25) is 0 Å². The SMILES string of the molecule is ON1CCCCC1.c1cc[nH]c1. The van der Waals surface area contributed by atoms with Crippen LogP contribution in [0.3, 0.4) is 0 Å². The van der Waals surface area contributed by atoms with E-state index in [1.54, 1.807) is 0 Å². The summed E-state index contributed by atoms with van der Waals surface area (Å²) in [6.07, 6.45) is 7.37. The van der Waals surface area contributed by atoms with Gasteiger partial charge in [0.05, 0.1) is 0 Å². The Bertz CT molecular complexity index is 151. The number of nitrogens with zero attached hydrogens (tertiary/aromatic N) is 1. The largest absolute Gasteiger partial charge is 0.368 e. The number of aromatic nitrogens is 1. The van der Waals surface area contributed by atoms with Crippen molar-refractivity contribution in [3.63, 3.8) is 0 Å². The zero-order valence-electron chi connectivity index (χ0n) is 7.24. The van der Waals surface area contributed by atoms with Crippen molar-refractivity contribution in [2.24, 2.45) is 0 Å². The molecule has 0 bridgehead atoms. The van der Waals surface area contributed by atoms with Crippen LogP contribution in [-0.4, -0.2) is 28.3 Å². The molecule has 0 radical (unpaired) electrons. The minimum absolute atomic E-state index is 0.875. The molecule has 0 saturated carbocycles. The van der Waals surface area contributed by atoms with E-state index in [-0.39, 0.29) is 0 Å². The van der Waals surface area contributed by atoms with E-state index in [9.17, 15) is 0 Å². The molecule has 1 aromatic heterocycles.